The van der Waals surface area contributed by atoms with Crippen LogP contribution in [0, 0.1) is 10.1 Å². The number of rotatable bonds is 2. The lowest BCUT2D eigenvalue weighted by atomic mass is 9.83. The summed E-state index contributed by atoms with van der Waals surface area (Å²) in [4.78, 5) is 11.1. The van der Waals surface area contributed by atoms with Gasteiger partial charge in [0.2, 0.25) is 0 Å². The maximum absolute atomic E-state index is 11.4. The molecule has 1 aliphatic rings. The third-order valence-corrected chi connectivity index (χ3v) is 5.67. The molecule has 0 amide bonds. The average molecular weight is 354 g/mol. The molecule has 2 heterocycles. The highest BCUT2D eigenvalue weighted by atomic mass is 16.6. The highest BCUT2D eigenvalue weighted by Crippen LogP contribution is 2.46. The van der Waals surface area contributed by atoms with Crippen LogP contribution in [-0.4, -0.2) is 9.49 Å². The van der Waals surface area contributed by atoms with Gasteiger partial charge in [0.1, 0.15) is 0 Å². The Bertz CT molecular complexity index is 1230. The van der Waals surface area contributed by atoms with Gasteiger partial charge in [-0.1, -0.05) is 50.2 Å². The van der Waals surface area contributed by atoms with Crippen molar-refractivity contribution in [3.05, 3.63) is 94.2 Å². The molecule has 27 heavy (non-hydrogen) atoms. The number of nitro benzene ring substituents is 1. The highest BCUT2D eigenvalue weighted by molar-refractivity contribution is 5.91. The van der Waals surface area contributed by atoms with E-state index >= 15 is 0 Å². The van der Waals surface area contributed by atoms with Crippen LogP contribution in [-0.2, 0) is 5.41 Å². The van der Waals surface area contributed by atoms with Crippen LogP contribution in [0.15, 0.2) is 72.8 Å². The third kappa shape index (κ3) is 2.10. The fourth-order valence-electron chi connectivity index (χ4n) is 4.31. The van der Waals surface area contributed by atoms with Crippen molar-refractivity contribution in [1.82, 2.24) is 4.57 Å². The summed E-state index contributed by atoms with van der Waals surface area (Å²) in [5, 5.41) is 12.5. The Labute approximate surface area is 156 Å². The summed E-state index contributed by atoms with van der Waals surface area (Å²) in [7, 11) is 0. The predicted octanol–water partition coefficient (Wildman–Crippen LogP) is 5.85. The van der Waals surface area contributed by atoms with Crippen LogP contribution in [0.5, 0.6) is 0 Å². The number of hydrogen-bond donors (Lipinski definition) is 0. The van der Waals surface area contributed by atoms with Crippen LogP contribution >= 0.6 is 0 Å². The van der Waals surface area contributed by atoms with Crippen LogP contribution in [0.3, 0.4) is 0 Å². The number of nitrogens with zero attached hydrogens (tertiary/aromatic N) is 2. The maximum atomic E-state index is 11.4. The van der Waals surface area contributed by atoms with E-state index in [4.69, 9.17) is 0 Å². The number of aromatic nitrogens is 1. The minimum Gasteiger partial charge on any atom is -0.312 e. The second-order valence-corrected chi connectivity index (χ2v) is 7.55. The van der Waals surface area contributed by atoms with E-state index in [1.54, 1.807) is 12.1 Å². The second-order valence-electron chi connectivity index (χ2n) is 7.55. The molecule has 0 N–H and O–H groups in total. The van der Waals surface area contributed by atoms with Gasteiger partial charge in [0, 0.05) is 28.2 Å². The molecule has 1 aliphatic heterocycles. The summed E-state index contributed by atoms with van der Waals surface area (Å²) in [5.74, 6) is 0. The number of para-hydroxylation sites is 2. The highest BCUT2D eigenvalue weighted by Gasteiger charge is 2.36. The molecule has 0 fully saturated rings. The van der Waals surface area contributed by atoms with Crippen LogP contribution < -0.4 is 0 Å². The number of fused-ring (bicyclic) bond motifs is 5. The largest absolute Gasteiger partial charge is 0.312 e. The Morgan fingerprint density at radius 3 is 2.48 bits per heavy atom. The molecule has 0 bridgehead atoms. The van der Waals surface area contributed by atoms with Crippen LogP contribution in [0.1, 0.15) is 25.1 Å². The molecule has 3 aromatic carbocycles. The van der Waals surface area contributed by atoms with E-state index in [0.717, 1.165) is 16.5 Å². The molecule has 0 saturated carbocycles. The molecular weight excluding hydrogens is 336 g/mol. The zero-order chi connectivity index (χ0) is 18.8. The van der Waals surface area contributed by atoms with Gasteiger partial charge < -0.3 is 4.57 Å². The zero-order valence-electron chi connectivity index (χ0n) is 15.1. The van der Waals surface area contributed by atoms with Gasteiger partial charge in [-0.25, -0.2) is 0 Å². The van der Waals surface area contributed by atoms with Crippen molar-refractivity contribution in [1.29, 1.82) is 0 Å². The smallest absolute Gasteiger partial charge is 0.277 e. The van der Waals surface area contributed by atoms with Gasteiger partial charge >= 0.3 is 0 Å². The van der Waals surface area contributed by atoms with Crippen molar-refractivity contribution in [2.75, 3.05) is 0 Å². The normalized spacial score (nSPS) is 14.1. The molecule has 0 radical (unpaired) electrons. The Morgan fingerprint density at radius 2 is 1.67 bits per heavy atom. The molecule has 0 unspecified atom stereocenters. The molecule has 0 atom stereocenters. The van der Waals surface area contributed by atoms with Crippen molar-refractivity contribution in [3.8, 4) is 16.8 Å². The number of nitro groups is 1. The summed E-state index contributed by atoms with van der Waals surface area (Å²) in [6.45, 7) is 4.49. The molecule has 4 nitrogen and oxygen atoms in total. The van der Waals surface area contributed by atoms with Gasteiger partial charge in [-0.3, -0.25) is 10.1 Å². The molecule has 1 aromatic heterocycles. The minimum atomic E-state index is -0.321. The Balaban J connectivity index is 1.76. The first-order chi connectivity index (χ1) is 13.0. The van der Waals surface area contributed by atoms with E-state index in [0.29, 0.717) is 5.56 Å². The number of hydrogen-bond acceptors (Lipinski definition) is 2. The lowest BCUT2D eigenvalue weighted by Crippen LogP contribution is -2.14. The third-order valence-electron chi connectivity index (χ3n) is 5.67. The van der Waals surface area contributed by atoms with Crippen LogP contribution in [0.25, 0.3) is 27.7 Å². The number of benzene rings is 3. The van der Waals surface area contributed by atoms with Crippen molar-refractivity contribution < 1.29 is 4.92 Å². The Morgan fingerprint density at radius 1 is 0.926 bits per heavy atom. The monoisotopic (exact) mass is 354 g/mol. The maximum Gasteiger partial charge on any atom is 0.277 e. The van der Waals surface area contributed by atoms with Crippen molar-refractivity contribution in [3.63, 3.8) is 0 Å². The van der Waals surface area contributed by atoms with Gasteiger partial charge in [0.05, 0.1) is 16.0 Å². The topological polar surface area (TPSA) is 48.1 Å². The summed E-state index contributed by atoms with van der Waals surface area (Å²) >= 11 is 0. The van der Waals surface area contributed by atoms with Gasteiger partial charge in [-0.2, -0.15) is 0 Å². The molecule has 5 rings (SSSR count). The van der Waals surface area contributed by atoms with Crippen molar-refractivity contribution in [2.45, 2.75) is 19.3 Å². The lowest BCUT2D eigenvalue weighted by Gasteiger charge is -2.18. The molecule has 4 heteroatoms. The van der Waals surface area contributed by atoms with Crippen molar-refractivity contribution in [2.24, 2.45) is 0 Å². The van der Waals surface area contributed by atoms with Gasteiger partial charge in [0.15, 0.2) is 0 Å². The summed E-state index contributed by atoms with van der Waals surface area (Å²) in [6, 6.07) is 23.7. The quantitative estimate of drug-likeness (QED) is 0.335. The fraction of sp³-hybridized carbons (Fsp3) is 0.130. The van der Waals surface area contributed by atoms with E-state index in [-0.39, 0.29) is 16.0 Å². The lowest BCUT2D eigenvalue weighted by molar-refractivity contribution is -0.384. The first-order valence-corrected chi connectivity index (χ1v) is 8.98. The Hall–Kier alpha value is -3.40. The SMILES string of the molecule is CC1(C)c2ccccc2-n2c1cc1cc(-c3ccccc3[N+](=O)[O-])ccc12. The van der Waals surface area contributed by atoms with E-state index in [9.17, 15) is 10.1 Å². The van der Waals surface area contributed by atoms with E-state index < -0.39 is 0 Å². The minimum absolute atomic E-state index is 0.0749. The molecule has 132 valence electrons. The van der Waals surface area contributed by atoms with Gasteiger partial charge in [-0.05, 0) is 41.5 Å². The zero-order valence-corrected chi connectivity index (χ0v) is 15.1. The van der Waals surface area contributed by atoms with Crippen molar-refractivity contribution >= 4 is 16.6 Å². The van der Waals surface area contributed by atoms with Crippen LogP contribution in [0.4, 0.5) is 5.69 Å². The second kappa shape index (κ2) is 5.30. The molecule has 0 saturated heterocycles. The Kier molecular flexibility index (Phi) is 3.11. The summed E-state index contributed by atoms with van der Waals surface area (Å²) in [6.07, 6.45) is 0. The average Bonchev–Trinajstić information content (AvgIpc) is 3.16. The predicted molar refractivity (Wildman–Crippen MR) is 107 cm³/mol. The molecule has 0 aliphatic carbocycles. The van der Waals surface area contributed by atoms with Gasteiger partial charge in [0.25, 0.3) is 5.69 Å². The molecular formula is C23H18N2O2. The van der Waals surface area contributed by atoms with E-state index in [1.165, 1.54) is 16.9 Å². The summed E-state index contributed by atoms with van der Waals surface area (Å²) in [5.41, 5.74) is 6.49. The van der Waals surface area contributed by atoms with Gasteiger partial charge in [-0.15, -0.1) is 0 Å². The first kappa shape index (κ1) is 15.8. The molecule has 0 spiro atoms. The molecule has 4 aromatic rings. The fourth-order valence-corrected chi connectivity index (χ4v) is 4.31. The first-order valence-electron chi connectivity index (χ1n) is 8.98. The van der Waals surface area contributed by atoms with E-state index in [1.807, 2.05) is 18.2 Å². The van der Waals surface area contributed by atoms with Crippen LogP contribution in [0.2, 0.25) is 0 Å². The van der Waals surface area contributed by atoms with E-state index in [2.05, 4.69) is 60.9 Å². The standard InChI is InChI=1S/C23H18N2O2/c1-23(2)18-8-4-6-10-21(18)24-19-12-11-15(13-16(19)14-22(23)24)17-7-3-5-9-20(17)25(26)27/h3-14H,1-2H3. The summed E-state index contributed by atoms with van der Waals surface area (Å²) < 4.78 is 2.31.